The molecular weight excluding hydrogens is 202 g/mol. The number of hydrogen-bond donors (Lipinski definition) is 3. The van der Waals surface area contributed by atoms with Gasteiger partial charge in [0.25, 0.3) is 0 Å². The van der Waals surface area contributed by atoms with Crippen LogP contribution in [0.2, 0.25) is 12.6 Å². The molecule has 3 N–H and O–H groups in total. The lowest BCUT2D eigenvalue weighted by Gasteiger charge is -2.14. The Balaban J connectivity index is 0. The van der Waals surface area contributed by atoms with Gasteiger partial charge in [-0.15, -0.1) is 0 Å². The molecule has 0 rings (SSSR count). The van der Waals surface area contributed by atoms with E-state index < -0.39 is 6.10 Å². The van der Waals surface area contributed by atoms with Crippen molar-refractivity contribution in [3.05, 3.63) is 0 Å². The highest BCUT2D eigenvalue weighted by molar-refractivity contribution is 6.08. The summed E-state index contributed by atoms with van der Waals surface area (Å²) in [6.45, 7) is 5.40. The Hall–Kier alpha value is 0.00987. The van der Waals surface area contributed by atoms with E-state index in [9.17, 15) is 0 Å². The van der Waals surface area contributed by atoms with Crippen LogP contribution in [0.3, 0.4) is 0 Å². The molecule has 5 heteroatoms. The molecule has 0 aliphatic rings. The summed E-state index contributed by atoms with van der Waals surface area (Å²) in [5, 5.41) is 26.2. The largest absolute Gasteiger partial charge is 0.396 e. The molecule has 0 aromatic heterocycles. The van der Waals surface area contributed by atoms with Crippen molar-refractivity contribution in [1.82, 2.24) is 0 Å². The summed E-state index contributed by atoms with van der Waals surface area (Å²) in [5.74, 6) is 0.130. The average Bonchev–Trinajstić information content (AvgIpc) is 2.21. The molecule has 0 aliphatic heterocycles. The highest BCUT2D eigenvalue weighted by atomic mass is 16.3. The molecule has 0 aromatic carbocycles. The molecule has 0 fully saturated rings. The maximum Gasteiger partial charge on any atom is 0.0659 e. The van der Waals surface area contributed by atoms with Crippen molar-refractivity contribution in [2.75, 3.05) is 6.61 Å². The Kier molecular flexibility index (Phi) is 13.2. The lowest BCUT2D eigenvalue weighted by Crippen LogP contribution is -2.19. The standard InChI is InChI=1S/C6H13BO.C5H11BO2/c1-3-6(4-7)5(2)8;1-4(8)5(2-6)3-7/h5-6,8H,3-4H2,1-2H3;4-5,7-8H,2-3H2,1H3/t5-,6+;4-,5-/m01/s1. The van der Waals surface area contributed by atoms with Gasteiger partial charge in [0, 0.05) is 12.5 Å². The number of hydrogen-bond acceptors (Lipinski definition) is 3. The summed E-state index contributed by atoms with van der Waals surface area (Å²) in [5.41, 5.74) is 0. The van der Waals surface area contributed by atoms with Gasteiger partial charge in [-0.3, -0.25) is 0 Å². The van der Waals surface area contributed by atoms with E-state index in [1.807, 2.05) is 6.92 Å². The van der Waals surface area contributed by atoms with Gasteiger partial charge < -0.3 is 15.3 Å². The van der Waals surface area contributed by atoms with Crippen molar-refractivity contribution < 1.29 is 15.3 Å². The predicted molar refractivity (Wildman–Crippen MR) is 68.8 cm³/mol. The van der Waals surface area contributed by atoms with E-state index in [-0.39, 0.29) is 24.5 Å². The van der Waals surface area contributed by atoms with Gasteiger partial charge in [0.15, 0.2) is 0 Å². The fourth-order valence-corrected chi connectivity index (χ4v) is 1.13. The SMILES string of the molecule is [B]C[C@@H](CC)[C@H](C)O.[B]C[C@H](CO)[C@@H](C)O. The summed E-state index contributed by atoms with van der Waals surface area (Å²) in [6.07, 6.45) is 1.16. The van der Waals surface area contributed by atoms with Crippen molar-refractivity contribution in [2.45, 2.75) is 52.0 Å². The zero-order valence-electron chi connectivity index (χ0n) is 10.6. The predicted octanol–water partition coefficient (Wildman–Crippen LogP) is 0.543. The van der Waals surface area contributed by atoms with E-state index in [2.05, 4.69) is 0 Å². The molecule has 0 saturated carbocycles. The minimum Gasteiger partial charge on any atom is -0.396 e. The normalized spacial score (nSPS) is 17.9. The van der Waals surface area contributed by atoms with Crippen LogP contribution in [0.1, 0.15) is 27.2 Å². The molecule has 0 aliphatic carbocycles. The molecule has 0 aromatic rings. The van der Waals surface area contributed by atoms with Crippen LogP contribution in [0, 0.1) is 11.8 Å². The van der Waals surface area contributed by atoms with E-state index in [1.54, 1.807) is 13.8 Å². The van der Waals surface area contributed by atoms with Crippen molar-refractivity contribution in [3.8, 4) is 0 Å². The number of aliphatic hydroxyl groups excluding tert-OH is 3. The van der Waals surface area contributed by atoms with Crippen LogP contribution in [-0.2, 0) is 0 Å². The molecule has 0 bridgehead atoms. The minimum absolute atomic E-state index is 0.0336. The van der Waals surface area contributed by atoms with E-state index in [1.165, 1.54) is 0 Å². The summed E-state index contributed by atoms with van der Waals surface area (Å²) in [6, 6.07) is 0. The van der Waals surface area contributed by atoms with Gasteiger partial charge in [0.2, 0.25) is 0 Å². The van der Waals surface area contributed by atoms with Crippen molar-refractivity contribution in [2.24, 2.45) is 11.8 Å². The van der Waals surface area contributed by atoms with Crippen LogP contribution >= 0.6 is 0 Å². The van der Waals surface area contributed by atoms with Gasteiger partial charge in [0.05, 0.1) is 27.9 Å². The highest BCUT2D eigenvalue weighted by Gasteiger charge is 2.09. The Bertz CT molecular complexity index is 119. The molecule has 0 spiro atoms. The summed E-state index contributed by atoms with van der Waals surface area (Å²) in [4.78, 5) is 0. The second-order valence-corrected chi connectivity index (χ2v) is 4.06. The van der Waals surface area contributed by atoms with E-state index in [0.717, 1.165) is 6.42 Å². The summed E-state index contributed by atoms with van der Waals surface area (Å²) in [7, 11) is 10.5. The molecule has 3 nitrogen and oxygen atoms in total. The second-order valence-electron chi connectivity index (χ2n) is 4.06. The fourth-order valence-electron chi connectivity index (χ4n) is 1.13. The molecule has 16 heavy (non-hydrogen) atoms. The van der Waals surface area contributed by atoms with E-state index in [4.69, 9.17) is 31.0 Å². The third-order valence-electron chi connectivity index (χ3n) is 2.73. The van der Waals surface area contributed by atoms with Gasteiger partial charge in [-0.05, 0) is 19.8 Å². The zero-order chi connectivity index (χ0) is 13.1. The van der Waals surface area contributed by atoms with Gasteiger partial charge in [-0.25, -0.2) is 0 Å². The van der Waals surface area contributed by atoms with Crippen LogP contribution in [-0.4, -0.2) is 49.8 Å². The first-order chi connectivity index (χ1) is 7.44. The molecule has 4 atom stereocenters. The third kappa shape index (κ3) is 9.25. The zero-order valence-corrected chi connectivity index (χ0v) is 10.6. The molecule has 0 heterocycles. The molecular formula is C11H24B2O3. The molecule has 92 valence electrons. The minimum atomic E-state index is -0.495. The van der Waals surface area contributed by atoms with E-state index in [0.29, 0.717) is 12.6 Å². The van der Waals surface area contributed by atoms with Gasteiger partial charge in [-0.1, -0.05) is 26.0 Å². The lowest BCUT2D eigenvalue weighted by atomic mass is 9.86. The Morgan fingerprint density at radius 3 is 1.31 bits per heavy atom. The molecule has 0 amide bonds. The Morgan fingerprint density at radius 1 is 0.938 bits per heavy atom. The quantitative estimate of drug-likeness (QED) is 0.579. The van der Waals surface area contributed by atoms with Crippen LogP contribution in [0.5, 0.6) is 0 Å². The van der Waals surface area contributed by atoms with Crippen LogP contribution in [0.25, 0.3) is 0 Å². The highest BCUT2D eigenvalue weighted by Crippen LogP contribution is 2.10. The average molecular weight is 226 g/mol. The number of aliphatic hydroxyl groups is 3. The maximum atomic E-state index is 8.93. The molecule has 4 radical (unpaired) electrons. The molecule has 0 unspecified atom stereocenters. The van der Waals surface area contributed by atoms with Gasteiger partial charge in [0.1, 0.15) is 0 Å². The maximum absolute atomic E-state index is 8.93. The first-order valence-corrected chi connectivity index (χ1v) is 5.81. The lowest BCUT2D eigenvalue weighted by molar-refractivity contribution is 0.0917. The topological polar surface area (TPSA) is 60.7 Å². The fraction of sp³-hybridized carbons (Fsp3) is 1.00. The van der Waals surface area contributed by atoms with Gasteiger partial charge in [-0.2, -0.15) is 0 Å². The Morgan fingerprint density at radius 2 is 1.31 bits per heavy atom. The van der Waals surface area contributed by atoms with Crippen LogP contribution in [0.4, 0.5) is 0 Å². The van der Waals surface area contributed by atoms with Crippen LogP contribution in [0.15, 0.2) is 0 Å². The second kappa shape index (κ2) is 11.5. The van der Waals surface area contributed by atoms with Crippen molar-refractivity contribution >= 4 is 15.7 Å². The molecule has 0 saturated heterocycles. The van der Waals surface area contributed by atoms with Crippen molar-refractivity contribution in [3.63, 3.8) is 0 Å². The first kappa shape index (κ1) is 18.4. The van der Waals surface area contributed by atoms with E-state index >= 15 is 0 Å². The number of rotatable bonds is 6. The summed E-state index contributed by atoms with van der Waals surface area (Å²) >= 11 is 0. The Labute approximate surface area is 102 Å². The first-order valence-electron chi connectivity index (χ1n) is 5.81. The smallest absolute Gasteiger partial charge is 0.0659 e. The monoisotopic (exact) mass is 226 g/mol. The van der Waals surface area contributed by atoms with Crippen molar-refractivity contribution in [1.29, 1.82) is 0 Å². The third-order valence-corrected chi connectivity index (χ3v) is 2.73. The summed E-state index contributed by atoms with van der Waals surface area (Å²) < 4.78 is 0. The van der Waals surface area contributed by atoms with Crippen LogP contribution < -0.4 is 0 Å². The van der Waals surface area contributed by atoms with Gasteiger partial charge >= 0.3 is 0 Å².